The Kier molecular flexibility index (Phi) is 6.29. The monoisotopic (exact) mass is 453 g/mol. The maximum Gasteiger partial charge on any atom is 0.338 e. The fraction of sp³-hybridized carbons (Fsp3) is 0.261. The Hall–Kier alpha value is -2.84. The van der Waals surface area contributed by atoms with Gasteiger partial charge < -0.3 is 14.5 Å². The van der Waals surface area contributed by atoms with E-state index in [1.807, 2.05) is 72.1 Å². The van der Waals surface area contributed by atoms with E-state index >= 15 is 0 Å². The van der Waals surface area contributed by atoms with E-state index in [1.54, 1.807) is 16.2 Å². The number of benzene rings is 1. The maximum atomic E-state index is 13.0. The average molecular weight is 454 g/mol. The average Bonchev–Trinajstić information content (AvgIpc) is 3.43. The molecule has 0 radical (unpaired) electrons. The predicted octanol–water partition coefficient (Wildman–Crippen LogP) is 4.54. The van der Waals surface area contributed by atoms with Gasteiger partial charge in [-0.05, 0) is 29.3 Å². The van der Waals surface area contributed by atoms with E-state index in [0.717, 1.165) is 21.3 Å². The Balaban J connectivity index is 1.59. The van der Waals surface area contributed by atoms with Crippen molar-refractivity contribution >= 4 is 40.1 Å². The number of methoxy groups -OCH3 is 1. The molecule has 3 heterocycles. The number of rotatable bonds is 6. The molecule has 0 aliphatic carbocycles. The molecule has 1 unspecified atom stereocenters. The van der Waals surface area contributed by atoms with Crippen LogP contribution in [-0.2, 0) is 20.9 Å². The smallest absolute Gasteiger partial charge is 0.338 e. The molecule has 0 N–H and O–H groups in total. The minimum atomic E-state index is -0.400. The van der Waals surface area contributed by atoms with Gasteiger partial charge in [0.2, 0.25) is 5.91 Å². The first-order valence-electron chi connectivity index (χ1n) is 9.83. The molecule has 1 aromatic carbocycles. The van der Waals surface area contributed by atoms with Crippen LogP contribution in [0.4, 0.5) is 0 Å². The number of fused-ring (bicyclic) bond motifs is 1. The SMILES string of the molecule is COC(=O)C1=C(C)N=C2SC=C(CC(=O)N(C)Cc3ccccc3)N2C1c1cccs1. The second kappa shape index (κ2) is 9.11. The van der Waals surface area contributed by atoms with E-state index in [1.165, 1.54) is 18.9 Å². The van der Waals surface area contributed by atoms with Crippen LogP contribution in [0.5, 0.6) is 0 Å². The fourth-order valence-corrected chi connectivity index (χ4v) is 5.48. The number of carbonyl (C=O) groups excluding carboxylic acids is 2. The number of hydrogen-bond donors (Lipinski definition) is 0. The van der Waals surface area contributed by atoms with Gasteiger partial charge in [-0.15, -0.1) is 11.3 Å². The summed E-state index contributed by atoms with van der Waals surface area (Å²) >= 11 is 3.05. The highest BCUT2D eigenvalue weighted by molar-refractivity contribution is 8.16. The number of esters is 1. The summed E-state index contributed by atoms with van der Waals surface area (Å²) < 4.78 is 5.07. The van der Waals surface area contributed by atoms with Crippen molar-refractivity contribution in [1.82, 2.24) is 9.80 Å². The van der Waals surface area contributed by atoms with Crippen LogP contribution in [0, 0.1) is 0 Å². The summed E-state index contributed by atoms with van der Waals surface area (Å²) in [7, 11) is 3.19. The number of amides is 1. The summed E-state index contributed by atoms with van der Waals surface area (Å²) in [6.07, 6.45) is 0.227. The minimum absolute atomic E-state index is 0.00720. The molecule has 160 valence electrons. The van der Waals surface area contributed by atoms with Crippen molar-refractivity contribution in [3.05, 3.63) is 80.7 Å². The topological polar surface area (TPSA) is 62.2 Å². The van der Waals surface area contributed by atoms with E-state index in [9.17, 15) is 9.59 Å². The van der Waals surface area contributed by atoms with Crippen LogP contribution < -0.4 is 0 Å². The van der Waals surface area contributed by atoms with E-state index in [-0.39, 0.29) is 18.4 Å². The summed E-state index contributed by atoms with van der Waals surface area (Å²) in [5.41, 5.74) is 3.07. The lowest BCUT2D eigenvalue weighted by atomic mass is 9.99. The third-order valence-electron chi connectivity index (χ3n) is 5.24. The standard InChI is InChI=1S/C23H23N3O3S2/c1-15-20(22(28)29-3)21(18-10-7-11-30-18)26-17(14-31-23(26)24-15)12-19(27)25(2)13-16-8-5-4-6-9-16/h4-11,14,21H,12-13H2,1-3H3. The normalized spacial score (nSPS) is 17.8. The molecule has 1 amide bonds. The van der Waals surface area contributed by atoms with Gasteiger partial charge in [0.25, 0.3) is 0 Å². The molecule has 2 aliphatic heterocycles. The molecule has 0 saturated heterocycles. The van der Waals surface area contributed by atoms with Crippen molar-refractivity contribution in [1.29, 1.82) is 0 Å². The molecular formula is C23H23N3O3S2. The van der Waals surface area contributed by atoms with Gasteiger partial charge >= 0.3 is 5.97 Å². The van der Waals surface area contributed by atoms with Crippen molar-refractivity contribution in [2.45, 2.75) is 25.9 Å². The van der Waals surface area contributed by atoms with Crippen molar-refractivity contribution < 1.29 is 14.3 Å². The number of carbonyl (C=O) groups is 2. The largest absolute Gasteiger partial charge is 0.466 e. The van der Waals surface area contributed by atoms with Gasteiger partial charge in [-0.1, -0.05) is 48.2 Å². The second-order valence-corrected chi connectivity index (χ2v) is 9.13. The van der Waals surface area contributed by atoms with Gasteiger partial charge in [-0.25, -0.2) is 9.79 Å². The zero-order chi connectivity index (χ0) is 22.0. The number of aliphatic imine (C=N–C) groups is 1. The van der Waals surface area contributed by atoms with Gasteiger partial charge in [0, 0.05) is 24.2 Å². The fourth-order valence-electron chi connectivity index (χ4n) is 3.69. The number of allylic oxidation sites excluding steroid dienone is 1. The summed E-state index contributed by atoms with van der Waals surface area (Å²) in [6, 6.07) is 13.5. The quantitative estimate of drug-likeness (QED) is 0.601. The Morgan fingerprint density at radius 2 is 1.97 bits per heavy atom. The molecule has 0 fully saturated rings. The van der Waals surface area contributed by atoms with Crippen LogP contribution in [0.15, 0.2) is 75.2 Å². The van der Waals surface area contributed by atoms with Gasteiger partial charge in [-0.3, -0.25) is 4.79 Å². The predicted molar refractivity (Wildman–Crippen MR) is 124 cm³/mol. The summed E-state index contributed by atoms with van der Waals surface area (Å²) in [4.78, 5) is 35.0. The van der Waals surface area contributed by atoms with Crippen molar-refractivity contribution in [3.8, 4) is 0 Å². The molecule has 2 aliphatic rings. The molecular weight excluding hydrogens is 430 g/mol. The third-order valence-corrected chi connectivity index (χ3v) is 7.05. The Morgan fingerprint density at radius 3 is 2.65 bits per heavy atom. The van der Waals surface area contributed by atoms with Gasteiger partial charge in [-0.2, -0.15) is 0 Å². The molecule has 6 nitrogen and oxygen atoms in total. The third kappa shape index (κ3) is 4.31. The summed E-state index contributed by atoms with van der Waals surface area (Å²) in [6.45, 7) is 2.37. The Morgan fingerprint density at radius 1 is 1.19 bits per heavy atom. The van der Waals surface area contributed by atoms with Crippen LogP contribution >= 0.6 is 23.1 Å². The zero-order valence-corrected chi connectivity index (χ0v) is 19.2. The van der Waals surface area contributed by atoms with Gasteiger partial charge in [0.15, 0.2) is 5.17 Å². The molecule has 2 aromatic rings. The number of hydrogen-bond acceptors (Lipinski definition) is 7. The van der Waals surface area contributed by atoms with Crippen molar-refractivity contribution in [2.75, 3.05) is 14.2 Å². The molecule has 4 rings (SSSR count). The number of thioether (sulfide) groups is 1. The van der Waals surface area contributed by atoms with Crippen LogP contribution in [0.3, 0.4) is 0 Å². The highest BCUT2D eigenvalue weighted by Crippen LogP contribution is 2.45. The number of amidine groups is 1. The number of ether oxygens (including phenoxy) is 1. The lowest BCUT2D eigenvalue weighted by Crippen LogP contribution is -2.37. The first-order valence-corrected chi connectivity index (χ1v) is 11.6. The summed E-state index contributed by atoms with van der Waals surface area (Å²) in [5, 5.41) is 4.72. The van der Waals surface area contributed by atoms with E-state index in [0.29, 0.717) is 17.8 Å². The molecule has 0 spiro atoms. The molecule has 31 heavy (non-hydrogen) atoms. The molecule has 1 atom stereocenters. The number of thiophene rings is 1. The number of nitrogens with zero attached hydrogens (tertiary/aromatic N) is 3. The van der Waals surface area contributed by atoms with E-state index in [4.69, 9.17) is 4.74 Å². The second-order valence-electron chi connectivity index (χ2n) is 7.31. The molecule has 1 aromatic heterocycles. The van der Waals surface area contributed by atoms with Gasteiger partial charge in [0.05, 0.1) is 24.8 Å². The van der Waals surface area contributed by atoms with Gasteiger partial charge in [0.1, 0.15) is 6.04 Å². The Labute approximate surface area is 189 Å². The lowest BCUT2D eigenvalue weighted by molar-refractivity contribution is -0.136. The van der Waals surface area contributed by atoms with Crippen molar-refractivity contribution in [3.63, 3.8) is 0 Å². The highest BCUT2D eigenvalue weighted by Gasteiger charge is 2.41. The van der Waals surface area contributed by atoms with Crippen LogP contribution in [-0.4, -0.2) is 41.0 Å². The minimum Gasteiger partial charge on any atom is -0.466 e. The van der Waals surface area contributed by atoms with E-state index < -0.39 is 5.97 Å². The first kappa shape index (κ1) is 21.4. The van der Waals surface area contributed by atoms with E-state index in [2.05, 4.69) is 4.99 Å². The van der Waals surface area contributed by atoms with Crippen LogP contribution in [0.2, 0.25) is 0 Å². The van der Waals surface area contributed by atoms with Crippen molar-refractivity contribution in [2.24, 2.45) is 4.99 Å². The first-order chi connectivity index (χ1) is 15.0. The van der Waals surface area contributed by atoms with Crippen LogP contribution in [0.1, 0.15) is 29.8 Å². The highest BCUT2D eigenvalue weighted by atomic mass is 32.2. The molecule has 8 heteroatoms. The Bertz CT molecular complexity index is 1070. The lowest BCUT2D eigenvalue weighted by Gasteiger charge is -2.35. The molecule has 0 saturated carbocycles. The molecule has 0 bridgehead atoms. The zero-order valence-electron chi connectivity index (χ0n) is 17.6. The van der Waals surface area contributed by atoms with Crippen LogP contribution in [0.25, 0.3) is 0 Å². The summed E-state index contributed by atoms with van der Waals surface area (Å²) in [5.74, 6) is -0.393. The maximum absolute atomic E-state index is 13.0.